The van der Waals surface area contributed by atoms with E-state index >= 15 is 0 Å². The van der Waals surface area contributed by atoms with Crippen molar-refractivity contribution in [2.24, 2.45) is 4.99 Å². The SMILES string of the molecule is O=C(COc1ccc2ccccc2c1)N1CCN=C1SCc1ccccc1Cl. The van der Waals surface area contributed by atoms with E-state index in [9.17, 15) is 4.79 Å². The van der Waals surface area contributed by atoms with Crippen LogP contribution in [-0.2, 0) is 10.5 Å². The van der Waals surface area contributed by atoms with Gasteiger partial charge in [-0.15, -0.1) is 0 Å². The van der Waals surface area contributed by atoms with Crippen LogP contribution in [-0.4, -0.2) is 35.7 Å². The molecule has 4 rings (SSSR count). The fraction of sp³-hybridized carbons (Fsp3) is 0.182. The summed E-state index contributed by atoms with van der Waals surface area (Å²) in [5, 5.41) is 3.69. The number of carbonyl (C=O) groups excluding carboxylic acids is 1. The van der Waals surface area contributed by atoms with Crippen LogP contribution in [0.5, 0.6) is 5.75 Å². The number of aliphatic imine (C=N–C) groups is 1. The first-order chi connectivity index (χ1) is 13.7. The van der Waals surface area contributed by atoms with Crippen LogP contribution >= 0.6 is 23.4 Å². The molecule has 0 saturated carbocycles. The zero-order chi connectivity index (χ0) is 19.3. The molecule has 0 radical (unpaired) electrons. The van der Waals surface area contributed by atoms with Gasteiger partial charge in [-0.25, -0.2) is 0 Å². The first-order valence-electron chi connectivity index (χ1n) is 9.03. The molecular weight excluding hydrogens is 392 g/mol. The summed E-state index contributed by atoms with van der Waals surface area (Å²) in [7, 11) is 0. The maximum atomic E-state index is 12.7. The molecule has 6 heteroatoms. The first kappa shape index (κ1) is 18.8. The predicted molar refractivity (Wildman–Crippen MR) is 116 cm³/mol. The van der Waals surface area contributed by atoms with E-state index in [1.54, 1.807) is 4.90 Å². The maximum absolute atomic E-state index is 12.7. The predicted octanol–water partition coefficient (Wildman–Crippen LogP) is 5.00. The van der Waals surface area contributed by atoms with E-state index < -0.39 is 0 Å². The summed E-state index contributed by atoms with van der Waals surface area (Å²) in [6, 6.07) is 21.6. The molecule has 0 bridgehead atoms. The Hall–Kier alpha value is -2.50. The van der Waals surface area contributed by atoms with Crippen molar-refractivity contribution in [3.8, 4) is 5.75 Å². The zero-order valence-corrected chi connectivity index (χ0v) is 16.7. The van der Waals surface area contributed by atoms with E-state index in [4.69, 9.17) is 16.3 Å². The number of amidine groups is 1. The number of hydrogen-bond acceptors (Lipinski definition) is 4. The average molecular weight is 411 g/mol. The fourth-order valence-electron chi connectivity index (χ4n) is 3.02. The summed E-state index contributed by atoms with van der Waals surface area (Å²) < 4.78 is 5.74. The summed E-state index contributed by atoms with van der Waals surface area (Å²) >= 11 is 7.74. The average Bonchev–Trinajstić information content (AvgIpc) is 3.20. The molecule has 1 heterocycles. The third-order valence-electron chi connectivity index (χ3n) is 4.50. The summed E-state index contributed by atoms with van der Waals surface area (Å²) in [5.74, 6) is 1.28. The highest BCUT2D eigenvalue weighted by Crippen LogP contribution is 2.25. The topological polar surface area (TPSA) is 41.9 Å². The monoisotopic (exact) mass is 410 g/mol. The van der Waals surface area contributed by atoms with Crippen LogP contribution in [0.3, 0.4) is 0 Å². The lowest BCUT2D eigenvalue weighted by molar-refractivity contribution is -0.128. The first-order valence-corrected chi connectivity index (χ1v) is 10.4. The van der Waals surface area contributed by atoms with Gasteiger partial charge < -0.3 is 4.74 Å². The van der Waals surface area contributed by atoms with Gasteiger partial charge >= 0.3 is 0 Å². The molecule has 3 aromatic rings. The normalized spacial score (nSPS) is 13.6. The van der Waals surface area contributed by atoms with Gasteiger partial charge in [0.05, 0.1) is 6.54 Å². The van der Waals surface area contributed by atoms with Crippen molar-refractivity contribution in [3.63, 3.8) is 0 Å². The Morgan fingerprint density at radius 2 is 1.86 bits per heavy atom. The second-order valence-electron chi connectivity index (χ2n) is 6.39. The minimum Gasteiger partial charge on any atom is -0.484 e. The maximum Gasteiger partial charge on any atom is 0.266 e. The zero-order valence-electron chi connectivity index (χ0n) is 15.2. The lowest BCUT2D eigenvalue weighted by atomic mass is 10.1. The smallest absolute Gasteiger partial charge is 0.266 e. The Balaban J connectivity index is 1.35. The number of hydrogen-bond donors (Lipinski definition) is 0. The van der Waals surface area contributed by atoms with E-state index in [2.05, 4.69) is 4.99 Å². The molecule has 1 aliphatic rings. The molecule has 0 spiro atoms. The molecule has 0 unspecified atom stereocenters. The van der Waals surface area contributed by atoms with Gasteiger partial charge in [-0.1, -0.05) is 71.9 Å². The minimum absolute atomic E-state index is 0.00991. The quantitative estimate of drug-likeness (QED) is 0.594. The molecule has 142 valence electrons. The summed E-state index contributed by atoms with van der Waals surface area (Å²) in [4.78, 5) is 18.8. The standard InChI is InChI=1S/C22H19ClN2O2S/c23-20-8-4-3-7-18(20)15-28-22-24-11-12-25(22)21(26)14-27-19-10-9-16-5-1-2-6-17(16)13-19/h1-10,13H,11-12,14-15H2. The van der Waals surface area contributed by atoms with Gasteiger partial charge in [-0.3, -0.25) is 14.7 Å². The number of carbonyl (C=O) groups is 1. The number of benzene rings is 3. The van der Waals surface area contributed by atoms with E-state index in [1.807, 2.05) is 66.7 Å². The number of nitrogens with zero attached hydrogens (tertiary/aromatic N) is 2. The number of rotatable bonds is 5. The lowest BCUT2D eigenvalue weighted by Gasteiger charge is -2.18. The fourth-order valence-corrected chi connectivity index (χ4v) is 4.37. The van der Waals surface area contributed by atoms with Gasteiger partial charge in [0.1, 0.15) is 5.75 Å². The van der Waals surface area contributed by atoms with Gasteiger partial charge in [0.15, 0.2) is 11.8 Å². The molecule has 0 atom stereocenters. The molecule has 0 aromatic heterocycles. The van der Waals surface area contributed by atoms with E-state index in [-0.39, 0.29) is 12.5 Å². The highest BCUT2D eigenvalue weighted by atomic mass is 35.5. The van der Waals surface area contributed by atoms with Crippen molar-refractivity contribution >= 4 is 45.2 Å². The highest BCUT2D eigenvalue weighted by Gasteiger charge is 2.24. The second kappa shape index (κ2) is 8.67. The van der Waals surface area contributed by atoms with Crippen LogP contribution in [0.2, 0.25) is 5.02 Å². The van der Waals surface area contributed by atoms with Crippen molar-refractivity contribution in [1.29, 1.82) is 0 Å². The Kier molecular flexibility index (Phi) is 5.84. The Bertz CT molecular complexity index is 1040. The van der Waals surface area contributed by atoms with Crippen LogP contribution in [0.1, 0.15) is 5.56 Å². The van der Waals surface area contributed by atoms with Gasteiger partial charge in [-0.2, -0.15) is 0 Å². The van der Waals surface area contributed by atoms with Gasteiger partial charge in [-0.05, 0) is 34.5 Å². The summed E-state index contributed by atoms with van der Waals surface area (Å²) in [6.45, 7) is 1.20. The lowest BCUT2D eigenvalue weighted by Crippen LogP contribution is -2.36. The van der Waals surface area contributed by atoms with Gasteiger partial charge in [0.25, 0.3) is 5.91 Å². The van der Waals surface area contributed by atoms with Crippen LogP contribution < -0.4 is 4.74 Å². The molecular formula is C22H19ClN2O2S. The van der Waals surface area contributed by atoms with Gasteiger partial charge in [0.2, 0.25) is 0 Å². The molecule has 28 heavy (non-hydrogen) atoms. The van der Waals surface area contributed by atoms with E-state index in [1.165, 1.54) is 11.8 Å². The van der Waals surface area contributed by atoms with Crippen molar-refractivity contribution in [2.75, 3.05) is 19.7 Å². The molecule has 1 aliphatic heterocycles. The summed E-state index contributed by atoms with van der Waals surface area (Å²) in [6.07, 6.45) is 0. The van der Waals surface area contributed by atoms with Crippen molar-refractivity contribution in [2.45, 2.75) is 5.75 Å². The van der Waals surface area contributed by atoms with Crippen LogP contribution in [0.25, 0.3) is 10.8 Å². The van der Waals surface area contributed by atoms with E-state index in [0.717, 1.165) is 26.5 Å². The molecule has 4 nitrogen and oxygen atoms in total. The number of halogens is 1. The molecule has 0 fully saturated rings. The van der Waals surface area contributed by atoms with Crippen molar-refractivity contribution in [3.05, 3.63) is 77.3 Å². The Morgan fingerprint density at radius 3 is 2.71 bits per heavy atom. The van der Waals surface area contributed by atoms with Gasteiger partial charge in [0, 0.05) is 17.3 Å². The second-order valence-corrected chi connectivity index (χ2v) is 7.74. The van der Waals surface area contributed by atoms with Crippen molar-refractivity contribution < 1.29 is 9.53 Å². The number of fused-ring (bicyclic) bond motifs is 1. The molecule has 0 aliphatic carbocycles. The number of ether oxygens (including phenoxy) is 1. The number of amides is 1. The summed E-state index contributed by atoms with van der Waals surface area (Å²) in [5.41, 5.74) is 1.03. The highest BCUT2D eigenvalue weighted by molar-refractivity contribution is 8.13. The molecule has 1 amide bonds. The number of thioether (sulfide) groups is 1. The Labute approximate surface area is 173 Å². The largest absolute Gasteiger partial charge is 0.484 e. The van der Waals surface area contributed by atoms with E-state index in [0.29, 0.717) is 24.6 Å². The third-order valence-corrected chi connectivity index (χ3v) is 5.93. The minimum atomic E-state index is -0.0870. The molecule has 0 saturated heterocycles. The van der Waals surface area contributed by atoms with Crippen LogP contribution in [0.15, 0.2) is 71.7 Å². The molecule has 0 N–H and O–H groups in total. The van der Waals surface area contributed by atoms with Crippen LogP contribution in [0, 0.1) is 0 Å². The van der Waals surface area contributed by atoms with Crippen LogP contribution in [0.4, 0.5) is 0 Å². The third kappa shape index (κ3) is 4.32. The Morgan fingerprint density at radius 1 is 1.07 bits per heavy atom. The van der Waals surface area contributed by atoms with Crippen molar-refractivity contribution in [1.82, 2.24) is 4.90 Å². The molecule has 3 aromatic carbocycles.